The monoisotopic (exact) mass is 2110 g/mol. The van der Waals surface area contributed by atoms with E-state index in [4.69, 9.17) is 9.52 Å². The van der Waals surface area contributed by atoms with Crippen molar-refractivity contribution in [2.75, 3.05) is 149 Å². The minimum atomic E-state index is -3.27. The summed E-state index contributed by atoms with van der Waals surface area (Å²) in [6.07, 6.45) is 12.4. The molecule has 5 aliphatic heterocycles. The van der Waals surface area contributed by atoms with Crippen molar-refractivity contribution in [2.24, 2.45) is 11.8 Å². The van der Waals surface area contributed by atoms with E-state index in [1.807, 2.05) is 14.7 Å². The minimum Gasteiger partial charge on any atom is -0.373 e. The van der Waals surface area contributed by atoms with Gasteiger partial charge in [-0.1, -0.05) is 6.92 Å². The Morgan fingerprint density at radius 1 is 0.379 bits per heavy atom. The van der Waals surface area contributed by atoms with Crippen LogP contribution in [-0.4, -0.2) is 310 Å². The maximum absolute atomic E-state index is 13.7. The van der Waals surface area contributed by atoms with Gasteiger partial charge >= 0.3 is 0 Å². The van der Waals surface area contributed by atoms with E-state index in [0.717, 1.165) is 32.1 Å². The Morgan fingerprint density at radius 3 is 1.17 bits per heavy atom. The fraction of sp³-hybridized carbons (Fsp3) is 0.425. The zero-order chi connectivity index (χ0) is 103. The van der Waals surface area contributed by atoms with Crippen molar-refractivity contribution in [3.05, 3.63) is 188 Å². The molecule has 20 rings (SSSR count). The fourth-order valence-electron chi connectivity index (χ4n) is 16.8. The van der Waals surface area contributed by atoms with E-state index >= 15 is 0 Å². The Bertz CT molecular complexity index is 7470. The van der Waals surface area contributed by atoms with Gasteiger partial charge in [0.25, 0.3) is 25.7 Å². The van der Waals surface area contributed by atoms with Crippen LogP contribution in [0.4, 0.5) is 62.8 Å². The van der Waals surface area contributed by atoms with Gasteiger partial charge in [-0.15, -0.1) is 0 Å². The Labute approximate surface area is 825 Å². The molecule has 0 amide bonds. The van der Waals surface area contributed by atoms with Gasteiger partial charge in [0, 0.05) is 140 Å². The number of alkyl halides is 9. The Morgan fingerprint density at radius 2 is 0.759 bits per heavy atom. The van der Waals surface area contributed by atoms with Gasteiger partial charge in [0.1, 0.15) is 122 Å². The molecule has 0 bridgehead atoms. The first-order chi connectivity index (χ1) is 69.0. The lowest BCUT2D eigenvalue weighted by Crippen LogP contribution is -2.47. The summed E-state index contributed by atoms with van der Waals surface area (Å²) in [4.78, 5) is 72.0. The zero-order valence-electron chi connectivity index (χ0n) is 78.7. The molecule has 6 unspecified atom stereocenters. The molecular weight excluding hydrogens is 2010 g/mol. The molecule has 0 saturated carbocycles. The van der Waals surface area contributed by atoms with Crippen LogP contribution in [0.2, 0.25) is 0 Å². The van der Waals surface area contributed by atoms with E-state index in [-0.39, 0.29) is 53.2 Å². The second-order valence-electron chi connectivity index (χ2n) is 34.9. The summed E-state index contributed by atoms with van der Waals surface area (Å²) in [5.41, 5.74) is 7.07. The van der Waals surface area contributed by atoms with Crippen LogP contribution in [0.15, 0.2) is 154 Å². The van der Waals surface area contributed by atoms with Crippen molar-refractivity contribution in [1.82, 2.24) is 141 Å². The molecule has 145 heavy (non-hydrogen) atoms. The molecule has 7 atom stereocenters. The number of hydrogen-bond donors (Lipinski definition) is 3. The third kappa shape index (κ3) is 25.8. The summed E-state index contributed by atoms with van der Waals surface area (Å²) in [6, 6.07) is 23.0. The lowest BCUT2D eigenvalue weighted by atomic mass is 9.95. The molecule has 15 aromatic heterocycles. The SMILES string of the molecule is CC(F)c1ccc2ncc(-c3cc(N4CCCC(S(C)(=O)=O)C4)ncn3)n2n1.CC1CN(c2cc(-c3cnc4ccc(C(F)F)nn34)ncn2)CC1CNS(C)(=O)=O.CS(=N)(=O)NC[C@@H]1CN(c2cc(-c3cnc4ccc(C(F)F)nn34)ncn2)CCO1.CS(=O)(=O)N1CCCC(c2cc(-c3cnc4ccc(C(F)F)nn34)ncn2)C1.CS(=O)(=O)N1CCCN(c2cc(-c3cnc4ccc(C(F)F)nn34)ncn2)CC1. The molecule has 0 radical (unpaired) electrons. The average molecular weight is 2110 g/mol. The number of rotatable bonds is 24. The van der Waals surface area contributed by atoms with E-state index in [1.54, 1.807) is 53.2 Å². The van der Waals surface area contributed by atoms with Crippen LogP contribution in [0, 0.1) is 16.6 Å². The normalized spacial score (nSPS) is 18.7. The molecule has 5 saturated heterocycles. The van der Waals surface area contributed by atoms with Gasteiger partial charge in [-0.3, -0.25) is 0 Å². The molecule has 44 nitrogen and oxygen atoms in total. The number of piperidine rings is 2. The molecule has 20 heterocycles. The van der Waals surface area contributed by atoms with Gasteiger partial charge in [-0.05, 0) is 118 Å². The molecule has 0 spiro atoms. The number of sulfonamides is 3. The summed E-state index contributed by atoms with van der Waals surface area (Å²) in [5.74, 6) is 2.94. The van der Waals surface area contributed by atoms with Gasteiger partial charge in [0.2, 0.25) is 30.1 Å². The first kappa shape index (κ1) is 104. The Hall–Kier alpha value is -13.4. The summed E-state index contributed by atoms with van der Waals surface area (Å²) in [5, 5.41) is 19.8. The van der Waals surface area contributed by atoms with Crippen LogP contribution in [0.3, 0.4) is 0 Å². The smallest absolute Gasteiger partial charge is 0.282 e. The number of nitrogens with zero attached hydrogens (tertiary/aromatic N) is 31. The van der Waals surface area contributed by atoms with Crippen molar-refractivity contribution >= 4 is 101 Å². The number of halogens is 9. The third-order valence-corrected chi connectivity index (χ3v) is 30.0. The molecular formula is C87H99F9N34O10S5. The van der Waals surface area contributed by atoms with Crippen LogP contribution in [-0.2, 0) is 54.6 Å². The largest absolute Gasteiger partial charge is 0.373 e. The maximum atomic E-state index is 13.7. The summed E-state index contributed by atoms with van der Waals surface area (Å²) in [7, 11) is -15.7. The molecule has 5 fully saturated rings. The standard InChI is InChI=1S/C18H21F2N7O2S.C18H21FN6O2S.C17H20F2N8O2S.C17H19F2N7O2S.C17H18F2N6O2S/c1-11-8-26(9-12(11)6-24-30(2,28)29)17-5-14(22-10-23-17)15-7-21-16-4-3-13(18(19)20)25-27(15)16;1-12(19)14-5-6-17-20-9-16(25(17)23-14)15-8-18(22-11-21-15)24-7-3-4-13(10-24)28(2,26)27;1-30(20,28)24-7-11-9-26(4-5-29-11)16-6-13(22-10-23-16)14-8-21-15-3-2-12(17(18)19)25-27(14)15;1-29(27,28)25-6-2-5-24(7-8-25)16-9-13(21-11-22-16)14-10-20-15-4-3-12(17(18)19)23-26(14)15;1-28(26,27)24-6-2-3-11(9-24)13-7-14(22-10-21-13)15-8-20-16-5-4-12(17(18)19)23-25(15)16/h3-5,7,10-12,18,24H,6,8-9H2,1-2H3;5-6,8-9,11-13H,3-4,7,10H2,1-2H3;2-3,6,8,10-11,17H,4-5,7,9H2,1H3,(H2,20,24,28);3-4,9-11,17H,2,5-8H2,1H3;4-5,7-8,10-11,17H,2-3,6,9H2,1H3/t;;11-,30?;;/m..1../s1. The van der Waals surface area contributed by atoms with E-state index in [1.165, 1.54) is 164 Å². The molecule has 770 valence electrons. The van der Waals surface area contributed by atoms with E-state index in [0.29, 0.717) is 218 Å². The van der Waals surface area contributed by atoms with Crippen LogP contribution < -0.4 is 29.0 Å². The first-order valence-corrected chi connectivity index (χ1v) is 54.8. The summed E-state index contributed by atoms with van der Waals surface area (Å²) < 4.78 is 252. The number of ether oxygens (including phenoxy) is 1. The third-order valence-electron chi connectivity index (χ3n) is 24.4. The van der Waals surface area contributed by atoms with Gasteiger partial charge in [0.05, 0.1) is 102 Å². The molecule has 58 heteroatoms. The summed E-state index contributed by atoms with van der Waals surface area (Å²) in [6.45, 7) is 11.0. The number of anilines is 4. The Balaban J connectivity index is 0.000000130. The molecule has 0 aromatic carbocycles. The van der Waals surface area contributed by atoms with Crippen molar-refractivity contribution < 1.29 is 82.1 Å². The second kappa shape index (κ2) is 44.3. The number of imidazole rings is 5. The number of nitrogens with one attached hydrogen (secondary N) is 3. The predicted octanol–water partition coefficient (Wildman–Crippen LogP) is 9.34. The fourth-order valence-corrected chi connectivity index (χ4v) is 20.7. The van der Waals surface area contributed by atoms with E-state index < -0.39 is 86.9 Å². The highest BCUT2D eigenvalue weighted by Gasteiger charge is 2.35. The zero-order valence-corrected chi connectivity index (χ0v) is 82.8. The maximum Gasteiger partial charge on any atom is 0.282 e. The molecule has 3 N–H and O–H groups in total. The first-order valence-electron chi connectivity index (χ1n) is 45.2. The van der Waals surface area contributed by atoms with Gasteiger partial charge in [0.15, 0.2) is 38.1 Å². The van der Waals surface area contributed by atoms with E-state index in [2.05, 4.69) is 122 Å². The highest BCUT2D eigenvalue weighted by Crippen LogP contribution is 2.36. The van der Waals surface area contributed by atoms with Crippen LogP contribution in [0.25, 0.3) is 85.2 Å². The van der Waals surface area contributed by atoms with Gasteiger partial charge in [-0.25, -0.2) is 198 Å². The van der Waals surface area contributed by atoms with Crippen LogP contribution >= 0.6 is 0 Å². The van der Waals surface area contributed by atoms with Crippen molar-refractivity contribution in [3.8, 4) is 56.9 Å². The number of hydrogen-bond acceptors (Lipinski definition) is 35. The highest BCUT2D eigenvalue weighted by molar-refractivity contribution is 7.91. The quantitative estimate of drug-likeness (QED) is 0.0474. The van der Waals surface area contributed by atoms with Crippen molar-refractivity contribution in [2.45, 2.75) is 95.1 Å². The second-order valence-corrected chi connectivity index (χ2v) is 45.0. The minimum absolute atomic E-state index is 0.0611. The average Bonchev–Trinajstić information content (AvgIpc) is 1.67. The van der Waals surface area contributed by atoms with Crippen LogP contribution in [0.5, 0.6) is 0 Å². The number of fused-ring (bicyclic) bond motifs is 5. The lowest BCUT2D eigenvalue weighted by Gasteiger charge is -2.33. The number of sulfone groups is 1. The molecule has 0 aliphatic carbocycles. The van der Waals surface area contributed by atoms with E-state index in [9.17, 15) is 77.4 Å². The van der Waals surface area contributed by atoms with Gasteiger partial charge < -0.3 is 24.3 Å². The predicted molar refractivity (Wildman–Crippen MR) is 516 cm³/mol. The van der Waals surface area contributed by atoms with Crippen molar-refractivity contribution in [1.29, 1.82) is 4.78 Å². The van der Waals surface area contributed by atoms with Gasteiger partial charge in [-0.2, -0.15) is 25.5 Å². The summed E-state index contributed by atoms with van der Waals surface area (Å²) >= 11 is 0. The molecule has 15 aromatic rings. The topological polar surface area (TPSA) is 510 Å². The lowest BCUT2D eigenvalue weighted by molar-refractivity contribution is 0.0441. The molecule has 5 aliphatic rings. The Kier molecular flexibility index (Phi) is 31.9. The highest BCUT2D eigenvalue weighted by atomic mass is 32.2. The number of aromatic nitrogens is 25. The van der Waals surface area contributed by atoms with Crippen molar-refractivity contribution in [3.63, 3.8) is 0 Å². The van der Waals surface area contributed by atoms with Crippen LogP contribution in [0.1, 0.15) is 118 Å². The number of morpholine rings is 1.